The van der Waals surface area contributed by atoms with Gasteiger partial charge in [-0.1, -0.05) is 38.3 Å². The molecule has 0 aromatic heterocycles. The second kappa shape index (κ2) is 8.92. The number of allylic oxidation sites excluding steroid dienone is 1. The molecule has 0 radical (unpaired) electrons. The smallest absolute Gasteiger partial charge is 0.414 e. The summed E-state index contributed by atoms with van der Waals surface area (Å²) < 4.78 is 37.8. The van der Waals surface area contributed by atoms with Crippen molar-refractivity contribution < 1.29 is 28.5 Å². The summed E-state index contributed by atoms with van der Waals surface area (Å²) >= 11 is 0. The molecule has 2 fully saturated rings. The van der Waals surface area contributed by atoms with Crippen LogP contribution in [0.5, 0.6) is 5.75 Å². The van der Waals surface area contributed by atoms with E-state index in [0.29, 0.717) is 18.8 Å². The van der Waals surface area contributed by atoms with Gasteiger partial charge in [0.25, 0.3) is 0 Å². The molecule has 0 aliphatic heterocycles. The van der Waals surface area contributed by atoms with Crippen LogP contribution < -0.4 is 0 Å². The molecule has 3 N–H and O–H groups in total. The lowest BCUT2D eigenvalue weighted by Crippen LogP contribution is -2.54. The summed E-state index contributed by atoms with van der Waals surface area (Å²) in [4.78, 5) is 0. The first-order valence-electron chi connectivity index (χ1n) is 12.4. The summed E-state index contributed by atoms with van der Waals surface area (Å²) in [5.41, 5.74) is 2.14. The summed E-state index contributed by atoms with van der Waals surface area (Å²) in [7, 11) is 0. The summed E-state index contributed by atoms with van der Waals surface area (Å²) in [6.07, 6.45) is 1.89. The first-order valence-corrected chi connectivity index (χ1v) is 12.4. The van der Waals surface area contributed by atoms with Crippen molar-refractivity contribution in [1.29, 1.82) is 0 Å². The van der Waals surface area contributed by atoms with E-state index in [-0.39, 0.29) is 40.9 Å². The number of phenols is 1. The highest BCUT2D eigenvalue weighted by Crippen LogP contribution is 2.69. The summed E-state index contributed by atoms with van der Waals surface area (Å²) in [5.74, 6) is 1.15. The molecule has 33 heavy (non-hydrogen) atoms. The van der Waals surface area contributed by atoms with E-state index in [1.807, 2.05) is 12.1 Å². The van der Waals surface area contributed by atoms with Gasteiger partial charge in [0, 0.05) is 0 Å². The standard InChI is InChI=1S/C27H37F3O3/c1-3-26-14-13-17-15-19(31)9-10-20(17)24(26)18(16-25(2)21(26)11-12-22(25)32)7-5-4-6-8-23(33)27(28,29)30/h3,9-10,15,18,21-24,31-33H,1,4-8,11-14,16H2,2H3/t18-,21+,22-,23-,24+,25-,26-/m0/s1. The maximum absolute atomic E-state index is 12.6. The van der Waals surface area contributed by atoms with Crippen molar-refractivity contribution in [3.63, 3.8) is 0 Å². The molecular weight excluding hydrogens is 429 g/mol. The minimum Gasteiger partial charge on any atom is -0.508 e. The van der Waals surface area contributed by atoms with Crippen LogP contribution in [0.1, 0.15) is 81.8 Å². The Balaban J connectivity index is 1.57. The Kier molecular flexibility index (Phi) is 6.65. The molecule has 2 saturated carbocycles. The fourth-order valence-corrected chi connectivity index (χ4v) is 7.78. The van der Waals surface area contributed by atoms with Gasteiger partial charge in [-0.15, -0.1) is 6.58 Å². The van der Waals surface area contributed by atoms with E-state index in [9.17, 15) is 28.5 Å². The van der Waals surface area contributed by atoms with Crippen LogP contribution in [-0.4, -0.2) is 33.7 Å². The zero-order valence-corrected chi connectivity index (χ0v) is 19.4. The highest BCUT2D eigenvalue weighted by molar-refractivity contribution is 5.43. The van der Waals surface area contributed by atoms with Crippen molar-refractivity contribution in [1.82, 2.24) is 0 Å². The summed E-state index contributed by atoms with van der Waals surface area (Å²) in [6.45, 7) is 6.51. The third kappa shape index (κ3) is 4.22. The third-order valence-corrected chi connectivity index (χ3v) is 9.29. The number of aromatic hydroxyl groups is 1. The van der Waals surface area contributed by atoms with E-state index in [2.05, 4.69) is 19.6 Å². The van der Waals surface area contributed by atoms with Gasteiger partial charge in [-0.05, 0) is 96.8 Å². The van der Waals surface area contributed by atoms with Crippen molar-refractivity contribution in [2.24, 2.45) is 22.7 Å². The fraction of sp³-hybridized carbons (Fsp3) is 0.704. The normalized spacial score (nSPS) is 36.5. The highest BCUT2D eigenvalue weighted by Gasteiger charge is 2.63. The van der Waals surface area contributed by atoms with Crippen LogP contribution in [0.3, 0.4) is 0 Å². The number of hydrogen-bond acceptors (Lipinski definition) is 3. The number of aliphatic hydroxyl groups is 2. The number of fused-ring (bicyclic) bond motifs is 5. The van der Waals surface area contributed by atoms with Gasteiger partial charge in [-0.2, -0.15) is 13.2 Å². The predicted molar refractivity (Wildman–Crippen MR) is 122 cm³/mol. The Bertz CT molecular complexity index is 869. The van der Waals surface area contributed by atoms with Gasteiger partial charge in [0.05, 0.1) is 6.10 Å². The number of benzene rings is 1. The van der Waals surface area contributed by atoms with Gasteiger partial charge in [0.1, 0.15) is 11.9 Å². The number of halogens is 3. The third-order valence-electron chi connectivity index (χ3n) is 9.29. The lowest BCUT2D eigenvalue weighted by molar-refractivity contribution is -0.205. The number of rotatable bonds is 7. The molecule has 0 unspecified atom stereocenters. The Hall–Kier alpha value is -1.53. The van der Waals surface area contributed by atoms with Gasteiger partial charge < -0.3 is 15.3 Å². The Labute approximate surface area is 194 Å². The van der Waals surface area contributed by atoms with E-state index in [4.69, 9.17) is 0 Å². The van der Waals surface area contributed by atoms with Crippen molar-refractivity contribution in [3.8, 4) is 5.75 Å². The van der Waals surface area contributed by atoms with Crippen LogP contribution in [0.4, 0.5) is 13.2 Å². The van der Waals surface area contributed by atoms with Gasteiger partial charge >= 0.3 is 6.18 Å². The van der Waals surface area contributed by atoms with Gasteiger partial charge in [-0.3, -0.25) is 0 Å². The van der Waals surface area contributed by atoms with Gasteiger partial charge in [0.15, 0.2) is 0 Å². The quantitative estimate of drug-likeness (QED) is 0.328. The van der Waals surface area contributed by atoms with Gasteiger partial charge in [-0.25, -0.2) is 0 Å². The average Bonchev–Trinajstić information content (AvgIpc) is 3.06. The van der Waals surface area contributed by atoms with Crippen LogP contribution in [0, 0.1) is 22.7 Å². The van der Waals surface area contributed by atoms with E-state index in [0.717, 1.165) is 44.9 Å². The zero-order valence-electron chi connectivity index (χ0n) is 19.4. The number of aryl methyl sites for hydroxylation is 1. The first-order chi connectivity index (χ1) is 15.5. The number of hydrogen-bond donors (Lipinski definition) is 3. The topological polar surface area (TPSA) is 60.7 Å². The molecule has 184 valence electrons. The van der Waals surface area contributed by atoms with Crippen molar-refractivity contribution in [2.75, 3.05) is 0 Å². The monoisotopic (exact) mass is 466 g/mol. The Morgan fingerprint density at radius 2 is 1.97 bits per heavy atom. The minimum absolute atomic E-state index is 0.119. The second-order valence-corrected chi connectivity index (χ2v) is 11.0. The molecule has 7 atom stereocenters. The van der Waals surface area contributed by atoms with Crippen LogP contribution in [0.25, 0.3) is 0 Å². The number of alkyl halides is 3. The van der Waals surface area contributed by atoms with Crippen LogP contribution >= 0.6 is 0 Å². The maximum atomic E-state index is 12.6. The molecule has 3 aliphatic carbocycles. The highest BCUT2D eigenvalue weighted by atomic mass is 19.4. The van der Waals surface area contributed by atoms with E-state index >= 15 is 0 Å². The second-order valence-electron chi connectivity index (χ2n) is 11.0. The molecular formula is C27H37F3O3. The largest absolute Gasteiger partial charge is 0.508 e. The molecule has 0 saturated heterocycles. The van der Waals surface area contributed by atoms with Crippen molar-refractivity contribution >= 4 is 0 Å². The van der Waals surface area contributed by atoms with E-state index < -0.39 is 12.3 Å². The van der Waals surface area contributed by atoms with Gasteiger partial charge in [0.2, 0.25) is 0 Å². The molecule has 0 heterocycles. The molecule has 0 spiro atoms. The average molecular weight is 467 g/mol. The van der Waals surface area contributed by atoms with Crippen LogP contribution in [-0.2, 0) is 6.42 Å². The molecule has 1 aromatic carbocycles. The lowest BCUT2D eigenvalue weighted by Gasteiger charge is -2.60. The molecule has 0 bridgehead atoms. The van der Waals surface area contributed by atoms with Crippen LogP contribution in [0.2, 0.25) is 0 Å². The summed E-state index contributed by atoms with van der Waals surface area (Å²) in [5, 5.41) is 30.3. The lowest BCUT2D eigenvalue weighted by atomic mass is 9.44. The Morgan fingerprint density at radius 1 is 1.21 bits per heavy atom. The first kappa shape index (κ1) is 24.6. The minimum atomic E-state index is -4.55. The molecule has 3 aliphatic rings. The molecule has 3 nitrogen and oxygen atoms in total. The Morgan fingerprint density at radius 3 is 2.67 bits per heavy atom. The number of aliphatic hydroxyl groups excluding tert-OH is 2. The molecule has 1 aromatic rings. The predicted octanol–water partition coefficient (Wildman–Crippen LogP) is 6.27. The van der Waals surface area contributed by atoms with E-state index in [1.165, 1.54) is 11.1 Å². The van der Waals surface area contributed by atoms with E-state index in [1.54, 1.807) is 6.07 Å². The van der Waals surface area contributed by atoms with Crippen molar-refractivity contribution in [3.05, 3.63) is 42.0 Å². The molecule has 0 amide bonds. The van der Waals surface area contributed by atoms with Crippen molar-refractivity contribution in [2.45, 2.75) is 95.4 Å². The molecule has 6 heteroatoms. The SMILES string of the molecule is C=C[C@@]12CCc3cc(O)ccc3[C@H]1[C@@H](CCCCC[C@H](O)C(F)(F)F)C[C@@]1(C)[C@H]2CC[C@@H]1O. The zero-order chi connectivity index (χ0) is 24.0. The maximum Gasteiger partial charge on any atom is 0.414 e. The number of phenolic OH excluding ortho intramolecular Hbond substituents is 1. The van der Waals surface area contributed by atoms with Crippen LogP contribution in [0.15, 0.2) is 30.9 Å². The molecule has 4 rings (SSSR count). The summed E-state index contributed by atoms with van der Waals surface area (Å²) in [6, 6.07) is 5.67. The fourth-order valence-electron chi connectivity index (χ4n) is 7.78. The number of unbranched alkanes of at least 4 members (excludes halogenated alkanes) is 2.